The first kappa shape index (κ1) is 22.9. The molecule has 5 aromatic rings. The number of hydrogen-bond donors (Lipinski definition) is 1. The summed E-state index contributed by atoms with van der Waals surface area (Å²) >= 11 is 0. The van der Waals surface area contributed by atoms with Crippen LogP contribution >= 0.6 is 0 Å². The first-order valence-electron chi connectivity index (χ1n) is 12.3. The van der Waals surface area contributed by atoms with Gasteiger partial charge in [-0.1, -0.05) is 78.9 Å². The predicted octanol–water partition coefficient (Wildman–Crippen LogP) is 8.26. The van der Waals surface area contributed by atoms with Crippen molar-refractivity contribution >= 4 is 5.69 Å². The topological polar surface area (TPSA) is 30.5 Å². The Bertz CT molecular complexity index is 1560. The van der Waals surface area contributed by atoms with E-state index < -0.39 is 6.10 Å². The van der Waals surface area contributed by atoms with Crippen molar-refractivity contribution < 1.29 is 13.9 Å². The van der Waals surface area contributed by atoms with Crippen molar-refractivity contribution in [1.29, 1.82) is 0 Å². The molecule has 0 spiro atoms. The Morgan fingerprint density at radius 2 is 1.59 bits per heavy atom. The summed E-state index contributed by atoms with van der Waals surface area (Å²) in [7, 11) is 1.66. The molecular formula is C33H26FNO2. The number of ether oxygens (including phenoxy) is 2. The fourth-order valence-corrected chi connectivity index (χ4v) is 5.01. The lowest BCUT2D eigenvalue weighted by atomic mass is 9.86. The van der Waals surface area contributed by atoms with Gasteiger partial charge in [0.2, 0.25) is 0 Å². The zero-order valence-corrected chi connectivity index (χ0v) is 20.4. The maximum absolute atomic E-state index is 14.3. The fraction of sp³-hybridized carbons (Fsp3) is 0.0909. The zero-order valence-electron chi connectivity index (χ0n) is 20.4. The van der Waals surface area contributed by atoms with Crippen LogP contribution < -0.4 is 14.8 Å². The lowest BCUT2D eigenvalue weighted by molar-refractivity contribution is 0.241. The molecular weight excluding hydrogens is 461 g/mol. The second kappa shape index (κ2) is 9.82. The number of anilines is 1. The summed E-state index contributed by atoms with van der Waals surface area (Å²) in [6, 6.07) is 37.4. The minimum absolute atomic E-state index is 0.286. The highest BCUT2D eigenvalue weighted by Gasteiger charge is 2.30. The van der Waals surface area contributed by atoms with Crippen molar-refractivity contribution in [2.24, 2.45) is 0 Å². The Hall–Kier alpha value is -4.57. The standard InChI is InChI=1S/C33H26FNO2/c1-36-30-15-8-16-31-32(30)27-18-17-23(20-28(27)33(37-31)24-11-7-12-25(34)19-24)26-13-5-6-14-29(26)35-21-22-9-3-2-4-10-22/h2-20,33,35H,21H2,1H3. The van der Waals surface area contributed by atoms with E-state index in [0.717, 1.165) is 57.1 Å². The lowest BCUT2D eigenvalue weighted by Crippen LogP contribution is -2.16. The van der Waals surface area contributed by atoms with E-state index in [1.165, 1.54) is 11.6 Å². The van der Waals surface area contributed by atoms with E-state index in [1.807, 2.05) is 54.6 Å². The van der Waals surface area contributed by atoms with E-state index >= 15 is 0 Å². The lowest BCUT2D eigenvalue weighted by Gasteiger charge is -2.30. The molecule has 1 N–H and O–H groups in total. The number of nitrogens with one attached hydrogen (secondary N) is 1. The van der Waals surface area contributed by atoms with Crippen molar-refractivity contribution in [3.63, 3.8) is 0 Å². The highest BCUT2D eigenvalue weighted by Crippen LogP contribution is 2.50. The van der Waals surface area contributed by atoms with Gasteiger partial charge in [-0.25, -0.2) is 4.39 Å². The summed E-state index contributed by atoms with van der Waals surface area (Å²) in [6.07, 6.45) is -0.449. The van der Waals surface area contributed by atoms with E-state index in [1.54, 1.807) is 19.2 Å². The summed E-state index contributed by atoms with van der Waals surface area (Å²) in [5.74, 6) is 1.18. The van der Waals surface area contributed by atoms with Gasteiger partial charge in [-0.05, 0) is 58.7 Å². The first-order valence-corrected chi connectivity index (χ1v) is 12.3. The summed E-state index contributed by atoms with van der Waals surface area (Å²) in [6.45, 7) is 0.725. The molecule has 0 aromatic heterocycles. The molecule has 6 rings (SSSR count). The molecule has 0 saturated heterocycles. The number of rotatable bonds is 6. The van der Waals surface area contributed by atoms with Crippen molar-refractivity contribution in [1.82, 2.24) is 0 Å². The fourth-order valence-electron chi connectivity index (χ4n) is 5.01. The molecule has 5 aromatic carbocycles. The van der Waals surface area contributed by atoms with Crippen LogP contribution in [0.15, 0.2) is 115 Å². The molecule has 0 fully saturated rings. The Kier molecular flexibility index (Phi) is 6.07. The molecule has 1 heterocycles. The van der Waals surface area contributed by atoms with E-state index in [0.29, 0.717) is 0 Å². The van der Waals surface area contributed by atoms with Crippen molar-refractivity contribution in [3.8, 4) is 33.8 Å². The maximum Gasteiger partial charge on any atom is 0.150 e. The highest BCUT2D eigenvalue weighted by molar-refractivity contribution is 5.86. The number of para-hydroxylation sites is 1. The van der Waals surface area contributed by atoms with Crippen LogP contribution in [0.4, 0.5) is 10.1 Å². The third-order valence-electron chi connectivity index (χ3n) is 6.77. The minimum Gasteiger partial charge on any atom is -0.496 e. The SMILES string of the molecule is COc1cccc2c1-c1ccc(-c3ccccc3NCc3ccccc3)cc1C(c1cccc(F)c1)O2. The van der Waals surface area contributed by atoms with E-state index in [4.69, 9.17) is 9.47 Å². The van der Waals surface area contributed by atoms with Gasteiger partial charge in [0.15, 0.2) is 0 Å². The van der Waals surface area contributed by atoms with Gasteiger partial charge in [0, 0.05) is 23.4 Å². The van der Waals surface area contributed by atoms with Gasteiger partial charge < -0.3 is 14.8 Å². The molecule has 3 nitrogen and oxygen atoms in total. The zero-order chi connectivity index (χ0) is 25.2. The molecule has 1 aliphatic heterocycles. The summed E-state index contributed by atoms with van der Waals surface area (Å²) < 4.78 is 26.4. The van der Waals surface area contributed by atoms with Gasteiger partial charge in [0.05, 0.1) is 12.7 Å². The van der Waals surface area contributed by atoms with Crippen LogP contribution in [-0.2, 0) is 6.54 Å². The molecule has 37 heavy (non-hydrogen) atoms. The van der Waals surface area contributed by atoms with Crippen molar-refractivity contribution in [2.75, 3.05) is 12.4 Å². The van der Waals surface area contributed by atoms with Gasteiger partial charge in [-0.15, -0.1) is 0 Å². The molecule has 182 valence electrons. The molecule has 1 aliphatic rings. The Balaban J connectivity index is 1.46. The second-order valence-electron chi connectivity index (χ2n) is 9.07. The van der Waals surface area contributed by atoms with Gasteiger partial charge in [-0.2, -0.15) is 0 Å². The van der Waals surface area contributed by atoms with E-state index in [2.05, 4.69) is 47.8 Å². The number of hydrogen-bond acceptors (Lipinski definition) is 3. The van der Waals surface area contributed by atoms with E-state index in [-0.39, 0.29) is 5.82 Å². The molecule has 4 heteroatoms. The van der Waals surface area contributed by atoms with Crippen LogP contribution in [0.25, 0.3) is 22.3 Å². The average molecular weight is 488 g/mol. The molecule has 1 atom stereocenters. The van der Waals surface area contributed by atoms with Crippen LogP contribution in [0.5, 0.6) is 11.5 Å². The number of methoxy groups -OCH3 is 1. The van der Waals surface area contributed by atoms with Crippen LogP contribution in [0, 0.1) is 5.82 Å². The van der Waals surface area contributed by atoms with Crippen LogP contribution in [0.1, 0.15) is 22.8 Å². The number of fused-ring (bicyclic) bond motifs is 3. The molecule has 0 radical (unpaired) electrons. The summed E-state index contributed by atoms with van der Waals surface area (Å²) in [5.41, 5.74) is 8.07. The minimum atomic E-state index is -0.449. The molecule has 1 unspecified atom stereocenters. The number of halogens is 1. The largest absolute Gasteiger partial charge is 0.496 e. The Morgan fingerprint density at radius 3 is 2.43 bits per heavy atom. The van der Waals surface area contributed by atoms with Gasteiger partial charge in [-0.3, -0.25) is 0 Å². The normalized spacial score (nSPS) is 13.7. The molecule has 0 saturated carbocycles. The van der Waals surface area contributed by atoms with Crippen molar-refractivity contribution in [3.05, 3.63) is 138 Å². The molecule has 0 aliphatic carbocycles. The van der Waals surface area contributed by atoms with Crippen molar-refractivity contribution in [2.45, 2.75) is 12.6 Å². The monoisotopic (exact) mass is 487 g/mol. The Morgan fingerprint density at radius 1 is 0.784 bits per heavy atom. The maximum atomic E-state index is 14.3. The third-order valence-corrected chi connectivity index (χ3v) is 6.77. The van der Waals surface area contributed by atoms with Crippen LogP contribution in [0.3, 0.4) is 0 Å². The molecule has 0 bridgehead atoms. The third kappa shape index (κ3) is 4.43. The highest BCUT2D eigenvalue weighted by atomic mass is 19.1. The van der Waals surface area contributed by atoms with Crippen LogP contribution in [0.2, 0.25) is 0 Å². The quantitative estimate of drug-likeness (QED) is 0.261. The second-order valence-corrected chi connectivity index (χ2v) is 9.07. The Labute approximate surface area is 216 Å². The summed E-state index contributed by atoms with van der Waals surface area (Å²) in [4.78, 5) is 0. The van der Waals surface area contributed by atoms with Crippen LogP contribution in [-0.4, -0.2) is 7.11 Å². The van der Waals surface area contributed by atoms with Gasteiger partial charge in [0.25, 0.3) is 0 Å². The molecule has 0 amide bonds. The first-order chi connectivity index (χ1) is 18.2. The van der Waals surface area contributed by atoms with Gasteiger partial charge in [0.1, 0.15) is 23.4 Å². The van der Waals surface area contributed by atoms with Gasteiger partial charge >= 0.3 is 0 Å². The smallest absolute Gasteiger partial charge is 0.150 e. The summed E-state index contributed by atoms with van der Waals surface area (Å²) in [5, 5.41) is 3.59. The number of benzene rings is 5. The predicted molar refractivity (Wildman–Crippen MR) is 147 cm³/mol. The van der Waals surface area contributed by atoms with E-state index in [9.17, 15) is 4.39 Å². The average Bonchev–Trinajstić information content (AvgIpc) is 2.95.